The zero-order chi connectivity index (χ0) is 24.3. The molecule has 8 rings (SSSR count). The van der Waals surface area contributed by atoms with E-state index in [4.69, 9.17) is 9.98 Å². The summed E-state index contributed by atoms with van der Waals surface area (Å²) < 4.78 is 2.45. The Morgan fingerprint density at radius 2 is 1.27 bits per heavy atom. The summed E-state index contributed by atoms with van der Waals surface area (Å²) in [5, 5.41) is 9.53. The first-order valence-corrected chi connectivity index (χ1v) is 16.6. The van der Waals surface area contributed by atoms with E-state index in [1.807, 2.05) is 22.7 Å². The van der Waals surface area contributed by atoms with Crippen molar-refractivity contribution in [3.05, 3.63) is 97.0 Å². The molecule has 0 radical (unpaired) electrons. The van der Waals surface area contributed by atoms with E-state index >= 15 is 0 Å². The molecule has 0 saturated carbocycles. The molecular formula is C28H15N3S6. The lowest BCUT2D eigenvalue weighted by Crippen LogP contribution is -2.15. The predicted molar refractivity (Wildman–Crippen MR) is 165 cm³/mol. The minimum Gasteiger partial charge on any atom is -0.338 e. The van der Waals surface area contributed by atoms with Crippen LogP contribution < -0.4 is 9.89 Å². The number of nitrogens with one attached hydrogen (secondary N) is 1. The van der Waals surface area contributed by atoms with E-state index in [1.54, 1.807) is 45.3 Å². The monoisotopic (exact) mass is 585 g/mol. The zero-order valence-corrected chi connectivity index (χ0v) is 23.8. The Balaban J connectivity index is 1.33. The lowest BCUT2D eigenvalue weighted by atomic mass is 10.2. The zero-order valence-electron chi connectivity index (χ0n) is 18.9. The quantitative estimate of drug-likeness (QED) is 0.209. The summed E-state index contributed by atoms with van der Waals surface area (Å²) in [5.41, 5.74) is 3.43. The lowest BCUT2D eigenvalue weighted by molar-refractivity contribution is 1.35. The summed E-state index contributed by atoms with van der Waals surface area (Å²) in [6.45, 7) is 0. The number of aromatic nitrogens is 1. The van der Waals surface area contributed by atoms with Crippen molar-refractivity contribution in [3.8, 4) is 29.9 Å². The Morgan fingerprint density at radius 1 is 0.649 bits per heavy atom. The minimum atomic E-state index is 0.784. The van der Waals surface area contributed by atoms with Crippen LogP contribution >= 0.6 is 68.0 Å². The lowest BCUT2D eigenvalue weighted by Gasteiger charge is -2.03. The third-order valence-corrected chi connectivity index (χ3v) is 12.3. The average Bonchev–Trinajstić information content (AvgIpc) is 3.74. The van der Waals surface area contributed by atoms with Crippen molar-refractivity contribution >= 4 is 95.5 Å². The molecule has 1 aliphatic rings. The van der Waals surface area contributed by atoms with Gasteiger partial charge in [0.1, 0.15) is 5.82 Å². The molecule has 1 aliphatic heterocycles. The molecule has 8 heterocycles. The molecule has 0 atom stereocenters. The number of aliphatic imine (C=N–C) groups is 1. The van der Waals surface area contributed by atoms with Gasteiger partial charge in [-0.1, -0.05) is 24.3 Å². The molecule has 7 aromatic heterocycles. The first kappa shape index (κ1) is 22.1. The maximum absolute atomic E-state index is 5.22. The largest absolute Gasteiger partial charge is 0.338 e. The van der Waals surface area contributed by atoms with Crippen LogP contribution in [0.1, 0.15) is 4.88 Å². The molecule has 7 aromatic rings. The van der Waals surface area contributed by atoms with Gasteiger partial charge in [0.05, 0.1) is 31.2 Å². The summed E-state index contributed by atoms with van der Waals surface area (Å²) >= 11 is 10.7. The van der Waals surface area contributed by atoms with E-state index in [9.17, 15) is 0 Å². The number of fused-ring (bicyclic) bond motifs is 2. The standard InChI is InChI=1S/C28H15N3S6/c1-5-17(32-9-1)21-13-15-25(36-21)23(19-7-3-11-34-19)27(29-15)31-28-24(20-8-4-12-35-20)26-16(30-28)14-22(37-26)18-6-2-10-33-18/h1-14,29H/b31-28-. The van der Waals surface area contributed by atoms with Gasteiger partial charge in [0.25, 0.3) is 0 Å². The first-order valence-electron chi connectivity index (χ1n) is 11.4. The Kier molecular flexibility index (Phi) is 5.28. The molecule has 0 aromatic carbocycles. The highest BCUT2D eigenvalue weighted by atomic mass is 32.1. The highest BCUT2D eigenvalue weighted by molar-refractivity contribution is 7.26. The Labute approximate surface area is 235 Å². The second-order valence-corrected chi connectivity index (χ2v) is 14.3. The summed E-state index contributed by atoms with van der Waals surface area (Å²) in [5.74, 6) is 1.66. The summed E-state index contributed by atoms with van der Waals surface area (Å²) in [7, 11) is 0. The third kappa shape index (κ3) is 3.69. The summed E-state index contributed by atoms with van der Waals surface area (Å²) in [6, 6.07) is 21.6. The predicted octanol–water partition coefficient (Wildman–Crippen LogP) is 9.10. The fourth-order valence-corrected chi connectivity index (χ4v) is 10.2. The fraction of sp³-hybridized carbons (Fsp3) is 0. The second-order valence-electron chi connectivity index (χ2n) is 8.36. The van der Waals surface area contributed by atoms with Crippen molar-refractivity contribution in [3.63, 3.8) is 0 Å². The van der Waals surface area contributed by atoms with Gasteiger partial charge in [-0.15, -0.1) is 68.0 Å². The number of amidine groups is 1. The van der Waals surface area contributed by atoms with Crippen LogP contribution in [-0.4, -0.2) is 10.8 Å². The van der Waals surface area contributed by atoms with Crippen molar-refractivity contribution in [1.82, 2.24) is 4.98 Å². The Bertz CT molecular complexity index is 2010. The Morgan fingerprint density at radius 3 is 1.92 bits per heavy atom. The van der Waals surface area contributed by atoms with E-state index in [1.165, 1.54) is 44.1 Å². The molecule has 0 fully saturated rings. The molecule has 178 valence electrons. The van der Waals surface area contributed by atoms with Gasteiger partial charge in [0.2, 0.25) is 0 Å². The van der Waals surface area contributed by atoms with Gasteiger partial charge in [-0.05, 0) is 57.9 Å². The van der Waals surface area contributed by atoms with Gasteiger partial charge < -0.3 is 4.98 Å². The number of rotatable bonds is 5. The van der Waals surface area contributed by atoms with E-state index in [2.05, 4.69) is 87.2 Å². The molecule has 1 N–H and O–H groups in total. The van der Waals surface area contributed by atoms with E-state index in [-0.39, 0.29) is 0 Å². The first-order chi connectivity index (χ1) is 18.3. The molecular weight excluding hydrogens is 571 g/mol. The molecule has 0 aliphatic carbocycles. The topological polar surface area (TPSA) is 40.5 Å². The highest BCUT2D eigenvalue weighted by Gasteiger charge is 2.24. The van der Waals surface area contributed by atoms with E-state index in [0.29, 0.717) is 0 Å². The number of H-pyrrole nitrogens is 1. The summed E-state index contributed by atoms with van der Waals surface area (Å²) in [6.07, 6.45) is 0. The highest BCUT2D eigenvalue weighted by Crippen LogP contribution is 2.46. The third-order valence-electron chi connectivity index (χ3n) is 6.12. The average molecular weight is 586 g/mol. The number of hydrogen-bond donors (Lipinski definition) is 1. The Hall–Kier alpha value is -2.92. The van der Waals surface area contributed by atoms with Gasteiger partial charge in [0.15, 0.2) is 5.84 Å². The number of nitrogens with zero attached hydrogens (tertiary/aromatic N) is 2. The molecule has 0 amide bonds. The van der Waals surface area contributed by atoms with Gasteiger partial charge in [-0.2, -0.15) is 0 Å². The van der Waals surface area contributed by atoms with Crippen molar-refractivity contribution in [2.45, 2.75) is 0 Å². The smallest absolute Gasteiger partial charge is 0.165 e. The maximum atomic E-state index is 5.22. The SMILES string of the molecule is c1csc(C2=c3sc(-c4cccs4)cc3=N/C2=N\c2[nH]c3cc(-c4cccs4)sc3c2-c2cccs2)c1. The summed E-state index contributed by atoms with van der Waals surface area (Å²) in [4.78, 5) is 21.5. The van der Waals surface area contributed by atoms with Gasteiger partial charge >= 0.3 is 0 Å². The molecule has 0 spiro atoms. The molecule has 3 nitrogen and oxygen atoms in total. The van der Waals surface area contributed by atoms with Crippen LogP contribution in [0.2, 0.25) is 0 Å². The van der Waals surface area contributed by atoms with Gasteiger partial charge in [-0.25, -0.2) is 9.98 Å². The van der Waals surface area contributed by atoms with Crippen LogP contribution in [0.25, 0.3) is 45.7 Å². The number of thiophene rings is 6. The van der Waals surface area contributed by atoms with Gasteiger partial charge in [-0.3, -0.25) is 0 Å². The maximum Gasteiger partial charge on any atom is 0.165 e. The number of hydrogen-bond acceptors (Lipinski definition) is 7. The van der Waals surface area contributed by atoms with Gasteiger partial charge in [0, 0.05) is 29.3 Å². The molecule has 0 unspecified atom stereocenters. The van der Waals surface area contributed by atoms with Crippen LogP contribution in [-0.2, 0) is 0 Å². The molecule has 37 heavy (non-hydrogen) atoms. The van der Waals surface area contributed by atoms with Crippen molar-refractivity contribution in [1.29, 1.82) is 0 Å². The van der Waals surface area contributed by atoms with Crippen molar-refractivity contribution in [2.75, 3.05) is 0 Å². The number of aromatic amines is 1. The van der Waals surface area contributed by atoms with Crippen molar-refractivity contribution in [2.24, 2.45) is 9.98 Å². The van der Waals surface area contributed by atoms with Crippen LogP contribution in [0.4, 0.5) is 5.82 Å². The van der Waals surface area contributed by atoms with Crippen LogP contribution in [0.5, 0.6) is 0 Å². The van der Waals surface area contributed by atoms with Crippen LogP contribution in [0.3, 0.4) is 0 Å². The van der Waals surface area contributed by atoms with E-state index < -0.39 is 0 Å². The van der Waals surface area contributed by atoms with Crippen LogP contribution in [0, 0.1) is 0 Å². The minimum absolute atomic E-state index is 0.784. The molecule has 0 saturated heterocycles. The van der Waals surface area contributed by atoms with Crippen molar-refractivity contribution < 1.29 is 0 Å². The van der Waals surface area contributed by atoms with E-state index in [0.717, 1.165) is 28.1 Å². The normalized spacial score (nSPS) is 14.2. The van der Waals surface area contributed by atoms with Crippen LogP contribution in [0.15, 0.2) is 92.2 Å². The molecule has 0 bridgehead atoms. The molecule has 9 heteroatoms. The second kappa shape index (κ2) is 8.83. The fourth-order valence-electron chi connectivity index (χ4n) is 4.53.